The standard InChI is InChI=1S/C24H26N4O4S/c1-3-18-10-12-20(13-11-18)28(33(2,31)32)17-23(29)27-22-9-5-4-8-21(22)24(30)26-16-19-7-6-14-25-15-19/h4-15H,3,16-17H2,1-2H3,(H,26,30)(H,27,29). The number of carbonyl (C=O) groups excluding carboxylic acids is 2. The summed E-state index contributed by atoms with van der Waals surface area (Å²) in [5.41, 5.74) is 2.86. The van der Waals surface area contributed by atoms with Crippen molar-refractivity contribution >= 4 is 33.2 Å². The van der Waals surface area contributed by atoms with Gasteiger partial charge in [0.05, 0.1) is 23.2 Å². The summed E-state index contributed by atoms with van der Waals surface area (Å²) < 4.78 is 25.7. The number of rotatable bonds is 9. The Morgan fingerprint density at radius 1 is 0.970 bits per heavy atom. The van der Waals surface area contributed by atoms with Crippen LogP contribution in [0.5, 0.6) is 0 Å². The molecule has 2 N–H and O–H groups in total. The monoisotopic (exact) mass is 466 g/mol. The Morgan fingerprint density at radius 2 is 1.70 bits per heavy atom. The van der Waals surface area contributed by atoms with Gasteiger partial charge in [-0.15, -0.1) is 0 Å². The molecular formula is C24H26N4O4S. The maximum Gasteiger partial charge on any atom is 0.253 e. The first-order valence-electron chi connectivity index (χ1n) is 10.4. The highest BCUT2D eigenvalue weighted by atomic mass is 32.2. The second-order valence-electron chi connectivity index (χ2n) is 7.43. The quantitative estimate of drug-likeness (QED) is 0.504. The fourth-order valence-electron chi connectivity index (χ4n) is 3.19. The molecule has 2 amide bonds. The first kappa shape index (κ1) is 23.9. The van der Waals surface area contributed by atoms with E-state index in [0.29, 0.717) is 11.4 Å². The number of aromatic nitrogens is 1. The number of sulfonamides is 1. The number of benzene rings is 2. The first-order valence-corrected chi connectivity index (χ1v) is 12.3. The Morgan fingerprint density at radius 3 is 2.33 bits per heavy atom. The predicted molar refractivity (Wildman–Crippen MR) is 128 cm³/mol. The van der Waals surface area contributed by atoms with Gasteiger partial charge in [0.2, 0.25) is 15.9 Å². The van der Waals surface area contributed by atoms with Crippen LogP contribution in [-0.4, -0.2) is 38.0 Å². The van der Waals surface area contributed by atoms with Crippen molar-refractivity contribution in [2.24, 2.45) is 0 Å². The summed E-state index contributed by atoms with van der Waals surface area (Å²) in [6, 6.07) is 17.2. The average Bonchev–Trinajstić information content (AvgIpc) is 2.81. The molecule has 33 heavy (non-hydrogen) atoms. The van der Waals surface area contributed by atoms with Crippen LogP contribution in [0.25, 0.3) is 0 Å². The fourth-order valence-corrected chi connectivity index (χ4v) is 4.04. The van der Waals surface area contributed by atoms with Gasteiger partial charge < -0.3 is 10.6 Å². The minimum absolute atomic E-state index is 0.271. The van der Waals surface area contributed by atoms with Crippen LogP contribution in [0, 0.1) is 0 Å². The summed E-state index contributed by atoms with van der Waals surface area (Å²) in [7, 11) is -3.70. The molecule has 0 unspecified atom stereocenters. The highest BCUT2D eigenvalue weighted by Crippen LogP contribution is 2.20. The Labute approximate surface area is 193 Å². The topological polar surface area (TPSA) is 108 Å². The molecule has 8 nitrogen and oxygen atoms in total. The maximum absolute atomic E-state index is 12.8. The van der Waals surface area contributed by atoms with Crippen molar-refractivity contribution in [3.8, 4) is 0 Å². The number of nitrogens with zero attached hydrogens (tertiary/aromatic N) is 2. The lowest BCUT2D eigenvalue weighted by atomic mass is 10.1. The fraction of sp³-hybridized carbons (Fsp3) is 0.208. The molecule has 2 aromatic carbocycles. The molecular weight excluding hydrogens is 440 g/mol. The molecule has 0 radical (unpaired) electrons. The normalized spacial score (nSPS) is 11.0. The molecule has 3 aromatic rings. The maximum atomic E-state index is 12.8. The van der Waals surface area contributed by atoms with Gasteiger partial charge in [-0.1, -0.05) is 37.3 Å². The number of aryl methyl sites for hydroxylation is 1. The number of para-hydroxylation sites is 1. The molecule has 0 aliphatic rings. The molecule has 9 heteroatoms. The van der Waals surface area contributed by atoms with E-state index in [1.807, 2.05) is 25.1 Å². The Kier molecular flexibility index (Phi) is 7.78. The lowest BCUT2D eigenvalue weighted by molar-refractivity contribution is -0.114. The predicted octanol–water partition coefficient (Wildman–Crippen LogP) is 2.98. The minimum Gasteiger partial charge on any atom is -0.348 e. The smallest absolute Gasteiger partial charge is 0.253 e. The van der Waals surface area contributed by atoms with Gasteiger partial charge >= 0.3 is 0 Å². The molecule has 172 valence electrons. The first-order chi connectivity index (χ1) is 15.8. The molecule has 0 aliphatic carbocycles. The van der Waals surface area contributed by atoms with E-state index in [4.69, 9.17) is 0 Å². The number of carbonyl (C=O) groups is 2. The molecule has 3 rings (SSSR count). The number of amides is 2. The third-order valence-corrected chi connectivity index (χ3v) is 6.08. The molecule has 1 heterocycles. The summed E-state index contributed by atoms with van der Waals surface area (Å²) in [6.45, 7) is 1.86. The highest BCUT2D eigenvalue weighted by molar-refractivity contribution is 7.92. The molecule has 0 aliphatic heterocycles. The van der Waals surface area contributed by atoms with Gasteiger partial charge in [-0.05, 0) is 47.9 Å². The van der Waals surface area contributed by atoms with Crippen molar-refractivity contribution in [2.75, 3.05) is 22.4 Å². The van der Waals surface area contributed by atoms with Gasteiger partial charge in [-0.3, -0.25) is 18.9 Å². The molecule has 0 bridgehead atoms. The van der Waals surface area contributed by atoms with Crippen LogP contribution < -0.4 is 14.9 Å². The second-order valence-corrected chi connectivity index (χ2v) is 9.33. The average molecular weight is 467 g/mol. The van der Waals surface area contributed by atoms with Crippen molar-refractivity contribution in [2.45, 2.75) is 19.9 Å². The summed E-state index contributed by atoms with van der Waals surface area (Å²) in [6.07, 6.45) is 5.17. The van der Waals surface area contributed by atoms with E-state index < -0.39 is 22.5 Å². The van der Waals surface area contributed by atoms with Crippen molar-refractivity contribution < 1.29 is 18.0 Å². The van der Waals surface area contributed by atoms with Crippen LogP contribution in [-0.2, 0) is 27.8 Å². The van der Waals surface area contributed by atoms with Crippen LogP contribution in [0.2, 0.25) is 0 Å². The van der Waals surface area contributed by atoms with Gasteiger partial charge in [-0.25, -0.2) is 8.42 Å². The summed E-state index contributed by atoms with van der Waals surface area (Å²) in [5.74, 6) is -0.933. The SMILES string of the molecule is CCc1ccc(N(CC(=O)Nc2ccccc2C(=O)NCc2cccnc2)S(C)(=O)=O)cc1. The van der Waals surface area contributed by atoms with Gasteiger partial charge in [-0.2, -0.15) is 0 Å². The molecule has 0 saturated carbocycles. The molecule has 0 saturated heterocycles. The Hall–Kier alpha value is -3.72. The zero-order valence-corrected chi connectivity index (χ0v) is 19.3. The Balaban J connectivity index is 1.73. The van der Waals surface area contributed by atoms with E-state index in [2.05, 4.69) is 15.6 Å². The van der Waals surface area contributed by atoms with E-state index in [1.165, 1.54) is 0 Å². The molecule has 0 atom stereocenters. The number of pyridine rings is 1. The third-order valence-electron chi connectivity index (χ3n) is 4.94. The van der Waals surface area contributed by atoms with Crippen molar-refractivity contribution in [1.82, 2.24) is 10.3 Å². The zero-order chi connectivity index (χ0) is 23.8. The van der Waals surface area contributed by atoms with Crippen molar-refractivity contribution in [3.05, 3.63) is 89.7 Å². The Bertz CT molecular complexity index is 1210. The summed E-state index contributed by atoms with van der Waals surface area (Å²) in [5, 5.41) is 5.46. The lowest BCUT2D eigenvalue weighted by Gasteiger charge is -2.22. The van der Waals surface area contributed by atoms with E-state index in [1.54, 1.807) is 54.9 Å². The van der Waals surface area contributed by atoms with Gasteiger partial charge in [0.15, 0.2) is 0 Å². The molecule has 0 fully saturated rings. The summed E-state index contributed by atoms with van der Waals surface area (Å²) >= 11 is 0. The number of nitrogens with one attached hydrogen (secondary N) is 2. The summed E-state index contributed by atoms with van der Waals surface area (Å²) in [4.78, 5) is 29.5. The number of hydrogen-bond donors (Lipinski definition) is 2. The molecule has 1 aromatic heterocycles. The molecule has 0 spiro atoms. The second kappa shape index (κ2) is 10.7. The van der Waals surface area contributed by atoms with E-state index in [9.17, 15) is 18.0 Å². The van der Waals surface area contributed by atoms with Crippen LogP contribution in [0.4, 0.5) is 11.4 Å². The largest absolute Gasteiger partial charge is 0.348 e. The lowest BCUT2D eigenvalue weighted by Crippen LogP contribution is -2.37. The van der Waals surface area contributed by atoms with Crippen LogP contribution in [0.3, 0.4) is 0 Å². The highest BCUT2D eigenvalue weighted by Gasteiger charge is 2.22. The van der Waals surface area contributed by atoms with Gasteiger partial charge in [0.1, 0.15) is 6.54 Å². The van der Waals surface area contributed by atoms with Crippen LogP contribution in [0.1, 0.15) is 28.4 Å². The zero-order valence-electron chi connectivity index (χ0n) is 18.5. The van der Waals surface area contributed by atoms with Crippen molar-refractivity contribution in [1.29, 1.82) is 0 Å². The number of hydrogen-bond acceptors (Lipinski definition) is 5. The van der Waals surface area contributed by atoms with Crippen molar-refractivity contribution in [3.63, 3.8) is 0 Å². The van der Waals surface area contributed by atoms with E-state index >= 15 is 0 Å². The third kappa shape index (κ3) is 6.63. The van der Waals surface area contributed by atoms with E-state index in [-0.39, 0.29) is 18.0 Å². The van der Waals surface area contributed by atoms with Crippen LogP contribution in [0.15, 0.2) is 73.1 Å². The number of anilines is 2. The van der Waals surface area contributed by atoms with Gasteiger partial charge in [0, 0.05) is 18.9 Å². The minimum atomic E-state index is -3.70. The van der Waals surface area contributed by atoms with Gasteiger partial charge in [0.25, 0.3) is 5.91 Å². The van der Waals surface area contributed by atoms with Crippen LogP contribution >= 0.6 is 0 Å². The van der Waals surface area contributed by atoms with E-state index in [0.717, 1.165) is 28.1 Å².